The van der Waals surface area contributed by atoms with Crippen LogP contribution in [-0.2, 0) is 19.0 Å². The molecule has 0 unspecified atom stereocenters. The Labute approximate surface area is 100 Å². The van der Waals surface area contributed by atoms with Gasteiger partial charge >= 0.3 is 5.97 Å². The van der Waals surface area contributed by atoms with Gasteiger partial charge in [-0.05, 0) is 13.8 Å². The zero-order valence-electron chi connectivity index (χ0n) is 10.5. The Balaban J connectivity index is 2.77. The monoisotopic (exact) mass is 248 g/mol. The molecular weight excluding hydrogens is 228 g/mol. The number of rotatable bonds is 3. The maximum absolute atomic E-state index is 11.4. The van der Waals surface area contributed by atoms with Gasteiger partial charge in [-0.3, -0.25) is 0 Å². The minimum absolute atomic E-state index is 0.184. The predicted octanol–water partition coefficient (Wildman–Crippen LogP) is -0.331. The minimum atomic E-state index is -1.35. The Morgan fingerprint density at radius 3 is 2.59 bits per heavy atom. The fourth-order valence-corrected chi connectivity index (χ4v) is 1.94. The molecule has 0 amide bonds. The molecule has 0 radical (unpaired) electrons. The van der Waals surface area contributed by atoms with Crippen molar-refractivity contribution in [3.63, 3.8) is 0 Å². The lowest BCUT2D eigenvalue weighted by Gasteiger charge is -2.46. The van der Waals surface area contributed by atoms with Crippen LogP contribution in [0.1, 0.15) is 20.8 Å². The van der Waals surface area contributed by atoms with Crippen molar-refractivity contribution in [2.75, 3.05) is 13.7 Å². The molecule has 17 heavy (non-hydrogen) atoms. The van der Waals surface area contributed by atoms with Crippen LogP contribution in [0.25, 0.3) is 0 Å². The van der Waals surface area contributed by atoms with Crippen molar-refractivity contribution >= 4 is 5.97 Å². The van der Waals surface area contributed by atoms with Crippen molar-refractivity contribution in [1.29, 1.82) is 0 Å². The first-order chi connectivity index (χ1) is 7.80. The summed E-state index contributed by atoms with van der Waals surface area (Å²) in [4.78, 5) is 11.4. The van der Waals surface area contributed by atoms with Crippen LogP contribution in [0.3, 0.4) is 0 Å². The second-order valence-electron chi connectivity index (χ2n) is 4.59. The molecule has 100 valence electrons. The molecule has 6 heteroatoms. The lowest BCUT2D eigenvalue weighted by atomic mass is 9.80. The van der Waals surface area contributed by atoms with Crippen molar-refractivity contribution in [2.24, 2.45) is 5.92 Å². The molecule has 0 aliphatic carbocycles. The number of hydrogen-bond acceptors (Lipinski definition) is 6. The summed E-state index contributed by atoms with van der Waals surface area (Å²) in [6.07, 6.45) is -2.49. The third-order valence-corrected chi connectivity index (χ3v) is 3.23. The third kappa shape index (κ3) is 2.95. The Bertz CT molecular complexity index is 277. The summed E-state index contributed by atoms with van der Waals surface area (Å²) >= 11 is 0. The number of esters is 1. The molecule has 0 saturated carbocycles. The van der Waals surface area contributed by atoms with E-state index in [1.165, 1.54) is 14.0 Å². The number of carbonyl (C=O) groups is 1. The highest BCUT2D eigenvalue weighted by Gasteiger charge is 2.51. The summed E-state index contributed by atoms with van der Waals surface area (Å²) in [6.45, 7) is 4.60. The van der Waals surface area contributed by atoms with Crippen LogP contribution in [0.4, 0.5) is 0 Å². The molecule has 0 bridgehead atoms. The van der Waals surface area contributed by atoms with Gasteiger partial charge in [-0.25, -0.2) is 4.79 Å². The smallest absolute Gasteiger partial charge is 0.332 e. The summed E-state index contributed by atoms with van der Waals surface area (Å²) in [5, 5.41) is 19.9. The summed E-state index contributed by atoms with van der Waals surface area (Å²) in [7, 11) is 1.38. The summed E-state index contributed by atoms with van der Waals surface area (Å²) in [6, 6.07) is 0. The quantitative estimate of drug-likeness (QED) is 0.665. The van der Waals surface area contributed by atoms with E-state index in [-0.39, 0.29) is 6.61 Å². The van der Waals surface area contributed by atoms with E-state index in [2.05, 4.69) is 4.74 Å². The second-order valence-corrected chi connectivity index (χ2v) is 4.59. The van der Waals surface area contributed by atoms with E-state index in [4.69, 9.17) is 9.47 Å². The lowest BCUT2D eigenvalue weighted by molar-refractivity contribution is -0.291. The first kappa shape index (κ1) is 14.4. The van der Waals surface area contributed by atoms with Crippen molar-refractivity contribution in [2.45, 2.75) is 44.9 Å². The number of carbonyl (C=O) groups excluding carboxylic acids is 1. The van der Waals surface area contributed by atoms with Crippen LogP contribution in [0.15, 0.2) is 0 Å². The van der Waals surface area contributed by atoms with Crippen LogP contribution in [0.2, 0.25) is 0 Å². The van der Waals surface area contributed by atoms with Crippen molar-refractivity contribution < 1.29 is 29.2 Å². The normalized spacial score (nSPS) is 42.2. The molecule has 0 aromatic carbocycles. The highest BCUT2D eigenvalue weighted by atomic mass is 16.6. The molecule has 1 heterocycles. The van der Waals surface area contributed by atoms with Gasteiger partial charge in [0.25, 0.3) is 0 Å². The third-order valence-electron chi connectivity index (χ3n) is 3.23. The molecular formula is C11H20O6. The fraction of sp³-hybridized carbons (Fsp3) is 0.909. The van der Waals surface area contributed by atoms with Gasteiger partial charge in [0.2, 0.25) is 0 Å². The molecule has 0 aromatic heterocycles. The van der Waals surface area contributed by atoms with Crippen LogP contribution in [0.5, 0.6) is 0 Å². The standard InChI is InChI=1S/C11H20O6/c1-6-10(13)16-7(2)9(11(6,3)14)17-8(12)5-15-4/h6-7,9-10,13-14H,5H2,1-4H3/t6-,7-,9+,10+,11-/m0/s1. The molecule has 1 aliphatic rings. The van der Waals surface area contributed by atoms with Crippen LogP contribution >= 0.6 is 0 Å². The average Bonchev–Trinajstić information content (AvgIpc) is 2.22. The molecule has 1 saturated heterocycles. The molecule has 1 fully saturated rings. The Hall–Kier alpha value is -0.690. The van der Waals surface area contributed by atoms with Gasteiger partial charge in [0.15, 0.2) is 12.4 Å². The topological polar surface area (TPSA) is 85.2 Å². The van der Waals surface area contributed by atoms with Gasteiger partial charge in [0.1, 0.15) is 12.2 Å². The summed E-state index contributed by atoms with van der Waals surface area (Å²) in [5.74, 6) is -1.13. The molecule has 0 aromatic rings. The minimum Gasteiger partial charge on any atom is -0.455 e. The summed E-state index contributed by atoms with van der Waals surface area (Å²) in [5.41, 5.74) is -1.35. The van der Waals surface area contributed by atoms with E-state index >= 15 is 0 Å². The number of ether oxygens (including phenoxy) is 3. The lowest BCUT2D eigenvalue weighted by Crippen LogP contribution is -2.61. The predicted molar refractivity (Wildman–Crippen MR) is 58.1 cm³/mol. The fourth-order valence-electron chi connectivity index (χ4n) is 1.94. The first-order valence-electron chi connectivity index (χ1n) is 5.55. The number of aliphatic hydroxyl groups is 2. The second kappa shape index (κ2) is 5.30. The van der Waals surface area contributed by atoms with Crippen molar-refractivity contribution in [1.82, 2.24) is 0 Å². The molecule has 1 aliphatic heterocycles. The van der Waals surface area contributed by atoms with Crippen molar-refractivity contribution in [3.05, 3.63) is 0 Å². The Kier molecular flexibility index (Phi) is 4.48. The maximum atomic E-state index is 11.4. The highest BCUT2D eigenvalue weighted by molar-refractivity contribution is 5.71. The van der Waals surface area contributed by atoms with Gasteiger partial charge in [-0.1, -0.05) is 6.92 Å². The zero-order chi connectivity index (χ0) is 13.2. The Morgan fingerprint density at radius 1 is 1.47 bits per heavy atom. The molecule has 5 atom stereocenters. The van der Waals surface area contributed by atoms with E-state index in [1.807, 2.05) is 0 Å². The largest absolute Gasteiger partial charge is 0.455 e. The maximum Gasteiger partial charge on any atom is 0.332 e. The molecule has 1 rings (SSSR count). The van der Waals surface area contributed by atoms with Gasteiger partial charge in [0, 0.05) is 13.0 Å². The first-order valence-corrected chi connectivity index (χ1v) is 5.55. The van der Waals surface area contributed by atoms with Crippen LogP contribution < -0.4 is 0 Å². The average molecular weight is 248 g/mol. The van der Waals surface area contributed by atoms with Crippen molar-refractivity contribution in [3.8, 4) is 0 Å². The van der Waals surface area contributed by atoms with Gasteiger partial charge in [0.05, 0.1) is 6.10 Å². The van der Waals surface area contributed by atoms with Gasteiger partial charge in [-0.2, -0.15) is 0 Å². The number of methoxy groups -OCH3 is 1. The van der Waals surface area contributed by atoms with Crippen LogP contribution in [0, 0.1) is 5.92 Å². The molecule has 6 nitrogen and oxygen atoms in total. The Morgan fingerprint density at radius 2 is 2.06 bits per heavy atom. The van der Waals surface area contributed by atoms with E-state index in [0.29, 0.717) is 0 Å². The van der Waals surface area contributed by atoms with Gasteiger partial charge in [-0.15, -0.1) is 0 Å². The molecule has 0 spiro atoms. The highest BCUT2D eigenvalue weighted by Crippen LogP contribution is 2.35. The number of hydrogen-bond donors (Lipinski definition) is 2. The summed E-state index contributed by atoms with van der Waals surface area (Å²) < 4.78 is 15.0. The van der Waals surface area contributed by atoms with E-state index in [9.17, 15) is 15.0 Å². The van der Waals surface area contributed by atoms with E-state index < -0.39 is 36.0 Å². The van der Waals surface area contributed by atoms with E-state index in [0.717, 1.165) is 0 Å². The zero-order valence-corrected chi connectivity index (χ0v) is 10.5. The van der Waals surface area contributed by atoms with E-state index in [1.54, 1.807) is 13.8 Å². The molecule has 2 N–H and O–H groups in total. The SMILES string of the molecule is COCC(=O)O[C@@H]1[C@H](C)O[C@@H](O)[C@H](C)[C@]1(C)O. The van der Waals surface area contributed by atoms with Crippen LogP contribution in [-0.4, -0.2) is 54.0 Å². The van der Waals surface area contributed by atoms with Gasteiger partial charge < -0.3 is 24.4 Å². The number of aliphatic hydroxyl groups excluding tert-OH is 1.